The molecule has 1 aromatic heterocycles. The van der Waals surface area contributed by atoms with Gasteiger partial charge in [-0.15, -0.1) is 0 Å². The van der Waals surface area contributed by atoms with Gasteiger partial charge in [0, 0.05) is 13.1 Å². The molecule has 3 rings (SSSR count). The number of halogens is 2. The molecular weight excluding hydrogens is 342 g/mol. The maximum atomic E-state index is 13.2. The van der Waals surface area contributed by atoms with E-state index in [0.717, 1.165) is 12.1 Å². The van der Waals surface area contributed by atoms with E-state index < -0.39 is 26.6 Å². The molecule has 0 amide bonds. The molecule has 0 spiro atoms. The normalized spacial score (nSPS) is 15.3. The second-order valence-corrected chi connectivity index (χ2v) is 6.73. The van der Waals surface area contributed by atoms with Crippen LogP contribution in [0.3, 0.4) is 0 Å². The summed E-state index contributed by atoms with van der Waals surface area (Å²) in [5, 5.41) is 0. The summed E-state index contributed by atoms with van der Waals surface area (Å²) in [4.78, 5) is 9.74. The molecule has 7 nitrogen and oxygen atoms in total. The lowest BCUT2D eigenvalue weighted by Crippen LogP contribution is -2.37. The first kappa shape index (κ1) is 16.5. The van der Waals surface area contributed by atoms with Crippen LogP contribution in [-0.2, 0) is 14.8 Å². The molecule has 2 heterocycles. The number of nitrogens with zero attached hydrogens (tertiary/aromatic N) is 3. The Morgan fingerprint density at radius 3 is 2.38 bits per heavy atom. The molecule has 0 aliphatic carbocycles. The molecule has 0 unspecified atom stereocenters. The number of hydrogen-bond acceptors (Lipinski definition) is 6. The van der Waals surface area contributed by atoms with E-state index in [9.17, 15) is 17.2 Å². The standard InChI is InChI=1S/C14H14F2N4O3S/c15-12-2-1-11(7-13(12)16)24(21,22)19-10-8-17-14(18-9-10)20-3-5-23-6-4-20/h1-2,7-9,19H,3-6H2. The van der Waals surface area contributed by atoms with Crippen LogP contribution in [0.2, 0.25) is 0 Å². The van der Waals surface area contributed by atoms with Crippen LogP contribution in [0, 0.1) is 11.6 Å². The van der Waals surface area contributed by atoms with Gasteiger partial charge >= 0.3 is 0 Å². The second-order valence-electron chi connectivity index (χ2n) is 5.05. The van der Waals surface area contributed by atoms with E-state index in [-0.39, 0.29) is 5.69 Å². The zero-order valence-corrected chi connectivity index (χ0v) is 13.3. The molecule has 0 radical (unpaired) electrons. The van der Waals surface area contributed by atoms with Crippen LogP contribution in [0.25, 0.3) is 0 Å². The van der Waals surface area contributed by atoms with Crippen LogP contribution in [-0.4, -0.2) is 44.7 Å². The summed E-state index contributed by atoms with van der Waals surface area (Å²) in [6.07, 6.45) is 2.63. The maximum Gasteiger partial charge on any atom is 0.262 e. The van der Waals surface area contributed by atoms with Crippen molar-refractivity contribution in [2.24, 2.45) is 0 Å². The minimum absolute atomic E-state index is 0.122. The predicted octanol–water partition coefficient (Wildman–Crippen LogP) is 1.39. The van der Waals surface area contributed by atoms with E-state index in [4.69, 9.17) is 4.74 Å². The van der Waals surface area contributed by atoms with Gasteiger partial charge in [0.25, 0.3) is 10.0 Å². The number of morpholine rings is 1. The van der Waals surface area contributed by atoms with Gasteiger partial charge < -0.3 is 9.64 Å². The Balaban J connectivity index is 1.76. The minimum atomic E-state index is -4.06. The van der Waals surface area contributed by atoms with Crippen molar-refractivity contribution in [2.45, 2.75) is 4.90 Å². The molecule has 128 valence electrons. The van der Waals surface area contributed by atoms with Crippen LogP contribution < -0.4 is 9.62 Å². The van der Waals surface area contributed by atoms with Gasteiger partial charge in [-0.1, -0.05) is 0 Å². The van der Waals surface area contributed by atoms with Crippen LogP contribution in [0.1, 0.15) is 0 Å². The summed E-state index contributed by atoms with van der Waals surface area (Å²) in [5.74, 6) is -1.89. The van der Waals surface area contributed by atoms with E-state index in [1.165, 1.54) is 12.4 Å². The number of sulfonamides is 1. The number of nitrogens with one attached hydrogen (secondary N) is 1. The van der Waals surface area contributed by atoms with Crippen molar-refractivity contribution in [3.05, 3.63) is 42.2 Å². The summed E-state index contributed by atoms with van der Waals surface area (Å²) in [6, 6.07) is 2.34. The Bertz CT molecular complexity index is 824. The van der Waals surface area contributed by atoms with E-state index in [0.29, 0.717) is 38.3 Å². The lowest BCUT2D eigenvalue weighted by molar-refractivity contribution is 0.122. The summed E-state index contributed by atoms with van der Waals surface area (Å²) < 4.78 is 57.9. The third-order valence-corrected chi connectivity index (χ3v) is 4.76. The van der Waals surface area contributed by atoms with Crippen LogP contribution >= 0.6 is 0 Å². The van der Waals surface area contributed by atoms with Crippen LogP contribution in [0.5, 0.6) is 0 Å². The van der Waals surface area contributed by atoms with Gasteiger partial charge in [0.05, 0.1) is 36.2 Å². The molecular formula is C14H14F2N4O3S. The highest BCUT2D eigenvalue weighted by atomic mass is 32.2. The van der Waals surface area contributed by atoms with Gasteiger partial charge in [-0.2, -0.15) is 0 Å². The van der Waals surface area contributed by atoms with E-state index >= 15 is 0 Å². The molecule has 1 aliphatic heterocycles. The lowest BCUT2D eigenvalue weighted by Gasteiger charge is -2.26. The molecule has 1 saturated heterocycles. The number of rotatable bonds is 4. The SMILES string of the molecule is O=S(=O)(Nc1cnc(N2CCOCC2)nc1)c1ccc(F)c(F)c1. The van der Waals surface area contributed by atoms with Gasteiger partial charge in [0.1, 0.15) is 0 Å². The fourth-order valence-electron chi connectivity index (χ4n) is 2.16. The summed E-state index contributed by atoms with van der Waals surface area (Å²) in [7, 11) is -4.06. The van der Waals surface area contributed by atoms with Gasteiger partial charge in [0.2, 0.25) is 5.95 Å². The molecule has 24 heavy (non-hydrogen) atoms. The summed E-state index contributed by atoms with van der Waals surface area (Å²) >= 11 is 0. The van der Waals surface area contributed by atoms with Crippen molar-refractivity contribution < 1.29 is 21.9 Å². The molecule has 0 bridgehead atoms. The second kappa shape index (κ2) is 6.65. The third kappa shape index (κ3) is 3.60. The molecule has 1 fully saturated rings. The number of hydrogen-bond donors (Lipinski definition) is 1. The van der Waals surface area contributed by atoms with Gasteiger partial charge in [-0.05, 0) is 18.2 Å². The molecule has 10 heteroatoms. The monoisotopic (exact) mass is 356 g/mol. The zero-order valence-electron chi connectivity index (χ0n) is 12.4. The van der Waals surface area contributed by atoms with Crippen molar-refractivity contribution >= 4 is 21.7 Å². The molecule has 0 atom stereocenters. The number of aromatic nitrogens is 2. The van der Waals surface area contributed by atoms with Crippen molar-refractivity contribution in [3.63, 3.8) is 0 Å². The Labute approximate surface area is 137 Å². The van der Waals surface area contributed by atoms with Gasteiger partial charge in [-0.25, -0.2) is 27.2 Å². The molecule has 2 aromatic rings. The predicted molar refractivity (Wildman–Crippen MR) is 82.2 cm³/mol. The van der Waals surface area contributed by atoms with Crippen molar-refractivity contribution in [3.8, 4) is 0 Å². The Kier molecular flexibility index (Phi) is 4.58. The average Bonchev–Trinajstić information content (AvgIpc) is 2.58. The highest BCUT2D eigenvalue weighted by molar-refractivity contribution is 7.92. The van der Waals surface area contributed by atoms with E-state index in [1.807, 2.05) is 4.90 Å². The summed E-state index contributed by atoms with van der Waals surface area (Å²) in [5.41, 5.74) is 0.122. The van der Waals surface area contributed by atoms with Crippen LogP contribution in [0.4, 0.5) is 20.4 Å². The molecule has 1 aliphatic rings. The van der Waals surface area contributed by atoms with Crippen molar-refractivity contribution in [2.75, 3.05) is 35.9 Å². The Morgan fingerprint density at radius 2 is 1.75 bits per heavy atom. The summed E-state index contributed by atoms with van der Waals surface area (Å²) in [6.45, 7) is 2.46. The highest BCUT2D eigenvalue weighted by Gasteiger charge is 2.18. The largest absolute Gasteiger partial charge is 0.378 e. The lowest BCUT2D eigenvalue weighted by atomic mass is 10.3. The van der Waals surface area contributed by atoms with Crippen molar-refractivity contribution in [1.82, 2.24) is 9.97 Å². The Hall–Kier alpha value is -2.33. The maximum absolute atomic E-state index is 13.2. The first-order chi connectivity index (χ1) is 11.5. The number of ether oxygens (including phenoxy) is 1. The minimum Gasteiger partial charge on any atom is -0.378 e. The van der Waals surface area contributed by atoms with E-state index in [1.54, 1.807) is 0 Å². The van der Waals surface area contributed by atoms with Crippen molar-refractivity contribution in [1.29, 1.82) is 0 Å². The zero-order chi connectivity index (χ0) is 17.2. The molecule has 1 aromatic carbocycles. The topological polar surface area (TPSA) is 84.4 Å². The van der Waals surface area contributed by atoms with E-state index in [2.05, 4.69) is 14.7 Å². The quantitative estimate of drug-likeness (QED) is 0.891. The number of anilines is 2. The highest BCUT2D eigenvalue weighted by Crippen LogP contribution is 2.18. The van der Waals surface area contributed by atoms with Crippen LogP contribution in [0.15, 0.2) is 35.5 Å². The molecule has 1 N–H and O–H groups in total. The van der Waals surface area contributed by atoms with Gasteiger partial charge in [0.15, 0.2) is 11.6 Å². The average molecular weight is 356 g/mol. The Morgan fingerprint density at radius 1 is 1.08 bits per heavy atom. The fourth-order valence-corrected chi connectivity index (χ4v) is 3.20. The third-order valence-electron chi connectivity index (χ3n) is 3.39. The molecule has 0 saturated carbocycles. The van der Waals surface area contributed by atoms with Gasteiger partial charge in [-0.3, -0.25) is 4.72 Å². The fraction of sp³-hybridized carbons (Fsp3) is 0.286. The number of benzene rings is 1. The first-order valence-corrected chi connectivity index (χ1v) is 8.57. The smallest absolute Gasteiger partial charge is 0.262 e. The first-order valence-electron chi connectivity index (χ1n) is 7.08.